The SMILES string of the molecule is CCN(CCO)CCCC(=O)N(CC)CC. The maximum Gasteiger partial charge on any atom is 0.222 e. The first kappa shape index (κ1) is 15.4. The van der Waals surface area contributed by atoms with Crippen molar-refractivity contribution in [1.82, 2.24) is 9.80 Å². The Morgan fingerprint density at radius 2 is 1.69 bits per heavy atom. The third-order valence-electron chi connectivity index (χ3n) is 2.84. The van der Waals surface area contributed by atoms with Crippen LogP contribution in [0.2, 0.25) is 0 Å². The Hall–Kier alpha value is -0.610. The average Bonchev–Trinajstić information content (AvgIpc) is 2.29. The van der Waals surface area contributed by atoms with Gasteiger partial charge in [-0.1, -0.05) is 6.92 Å². The van der Waals surface area contributed by atoms with Crippen LogP contribution in [-0.4, -0.2) is 60.1 Å². The number of likely N-dealkylation sites (N-methyl/N-ethyl adjacent to an activating group) is 1. The molecule has 0 aromatic heterocycles. The smallest absolute Gasteiger partial charge is 0.222 e. The summed E-state index contributed by atoms with van der Waals surface area (Å²) in [7, 11) is 0. The third-order valence-corrected chi connectivity index (χ3v) is 2.84. The Balaban J connectivity index is 3.74. The summed E-state index contributed by atoms with van der Waals surface area (Å²) >= 11 is 0. The number of carbonyl (C=O) groups excluding carboxylic acids is 1. The van der Waals surface area contributed by atoms with Gasteiger partial charge in [0, 0.05) is 26.1 Å². The van der Waals surface area contributed by atoms with Crippen LogP contribution >= 0.6 is 0 Å². The lowest BCUT2D eigenvalue weighted by Gasteiger charge is -2.21. The summed E-state index contributed by atoms with van der Waals surface area (Å²) < 4.78 is 0. The number of amides is 1. The zero-order valence-electron chi connectivity index (χ0n) is 10.9. The summed E-state index contributed by atoms with van der Waals surface area (Å²) in [5.41, 5.74) is 0. The van der Waals surface area contributed by atoms with Crippen LogP contribution < -0.4 is 0 Å². The highest BCUT2D eigenvalue weighted by Gasteiger charge is 2.09. The van der Waals surface area contributed by atoms with Crippen LogP contribution in [0.15, 0.2) is 0 Å². The fourth-order valence-corrected chi connectivity index (χ4v) is 1.76. The number of carbonyl (C=O) groups is 1. The molecule has 0 heterocycles. The molecule has 0 atom stereocenters. The first-order valence-electron chi connectivity index (χ1n) is 6.30. The van der Waals surface area contributed by atoms with Gasteiger partial charge in [-0.05, 0) is 33.4 Å². The van der Waals surface area contributed by atoms with Gasteiger partial charge in [-0.25, -0.2) is 0 Å². The van der Waals surface area contributed by atoms with Gasteiger partial charge in [-0.3, -0.25) is 4.79 Å². The highest BCUT2D eigenvalue weighted by Crippen LogP contribution is 2.00. The number of rotatable bonds is 9. The molecule has 0 spiro atoms. The highest BCUT2D eigenvalue weighted by atomic mass is 16.3. The second-order valence-corrected chi connectivity index (χ2v) is 3.83. The fraction of sp³-hybridized carbons (Fsp3) is 0.917. The van der Waals surface area contributed by atoms with Gasteiger partial charge < -0.3 is 14.9 Å². The van der Waals surface area contributed by atoms with Gasteiger partial charge in [-0.15, -0.1) is 0 Å². The molecule has 0 saturated carbocycles. The first-order valence-corrected chi connectivity index (χ1v) is 6.30. The van der Waals surface area contributed by atoms with Crippen molar-refractivity contribution in [2.75, 3.05) is 39.3 Å². The molecule has 1 N–H and O–H groups in total. The third kappa shape index (κ3) is 6.08. The van der Waals surface area contributed by atoms with Crippen molar-refractivity contribution in [2.24, 2.45) is 0 Å². The predicted octanol–water partition coefficient (Wildman–Crippen LogP) is 0.949. The van der Waals surface area contributed by atoms with Crippen LogP contribution in [0.4, 0.5) is 0 Å². The minimum absolute atomic E-state index is 0.192. The number of hydrogen-bond donors (Lipinski definition) is 1. The van der Waals surface area contributed by atoms with Crippen LogP contribution in [0.1, 0.15) is 33.6 Å². The summed E-state index contributed by atoms with van der Waals surface area (Å²) in [5, 5.41) is 8.82. The predicted molar refractivity (Wildman–Crippen MR) is 66.4 cm³/mol. The van der Waals surface area contributed by atoms with Crippen molar-refractivity contribution in [1.29, 1.82) is 0 Å². The molecule has 96 valence electrons. The molecule has 0 aliphatic heterocycles. The highest BCUT2D eigenvalue weighted by molar-refractivity contribution is 5.76. The Morgan fingerprint density at radius 3 is 2.12 bits per heavy atom. The van der Waals surface area contributed by atoms with E-state index in [-0.39, 0.29) is 12.5 Å². The Bertz CT molecular complexity index is 182. The molecule has 0 rings (SSSR count). The Labute approximate surface area is 99.2 Å². The normalized spacial score (nSPS) is 10.8. The number of nitrogens with zero attached hydrogens (tertiary/aromatic N) is 2. The molecule has 0 bridgehead atoms. The second-order valence-electron chi connectivity index (χ2n) is 3.83. The van der Waals surface area contributed by atoms with E-state index in [1.807, 2.05) is 18.7 Å². The molecule has 0 radical (unpaired) electrons. The van der Waals surface area contributed by atoms with Crippen LogP contribution in [-0.2, 0) is 4.79 Å². The first-order chi connectivity index (χ1) is 7.69. The monoisotopic (exact) mass is 230 g/mol. The molecule has 0 aliphatic carbocycles. The number of hydrogen-bond acceptors (Lipinski definition) is 3. The lowest BCUT2D eigenvalue weighted by molar-refractivity contribution is -0.130. The topological polar surface area (TPSA) is 43.8 Å². The Kier molecular flexibility index (Phi) is 9.24. The largest absolute Gasteiger partial charge is 0.395 e. The molecule has 16 heavy (non-hydrogen) atoms. The molecular formula is C12H26N2O2. The lowest BCUT2D eigenvalue weighted by Crippen LogP contribution is -2.32. The molecule has 0 fully saturated rings. The van der Waals surface area contributed by atoms with Gasteiger partial charge in [-0.2, -0.15) is 0 Å². The van der Waals surface area contributed by atoms with Crippen molar-refractivity contribution < 1.29 is 9.90 Å². The van der Waals surface area contributed by atoms with Crippen LogP contribution in [0.25, 0.3) is 0 Å². The van der Waals surface area contributed by atoms with Gasteiger partial charge in [0.1, 0.15) is 0 Å². The standard InChI is InChI=1S/C12H26N2O2/c1-4-13(10-11-15)9-7-8-12(16)14(5-2)6-3/h15H,4-11H2,1-3H3. The van der Waals surface area contributed by atoms with Crippen molar-refractivity contribution >= 4 is 5.91 Å². The van der Waals surface area contributed by atoms with E-state index in [0.717, 1.165) is 32.6 Å². The average molecular weight is 230 g/mol. The lowest BCUT2D eigenvalue weighted by atomic mass is 10.2. The van der Waals surface area contributed by atoms with Crippen LogP contribution in [0.5, 0.6) is 0 Å². The van der Waals surface area contributed by atoms with E-state index in [1.165, 1.54) is 0 Å². The zero-order valence-corrected chi connectivity index (χ0v) is 10.9. The van der Waals surface area contributed by atoms with Crippen molar-refractivity contribution in [3.8, 4) is 0 Å². The second kappa shape index (κ2) is 9.60. The van der Waals surface area contributed by atoms with E-state index in [4.69, 9.17) is 5.11 Å². The van der Waals surface area contributed by atoms with Gasteiger partial charge in [0.25, 0.3) is 0 Å². The molecule has 0 unspecified atom stereocenters. The maximum absolute atomic E-state index is 11.7. The van der Waals surface area contributed by atoms with Crippen LogP contribution in [0.3, 0.4) is 0 Å². The maximum atomic E-state index is 11.7. The van der Waals surface area contributed by atoms with Gasteiger partial charge >= 0.3 is 0 Å². The number of aliphatic hydroxyl groups excluding tert-OH is 1. The number of aliphatic hydroxyl groups is 1. The molecule has 0 saturated heterocycles. The van der Waals surface area contributed by atoms with Crippen LogP contribution in [0, 0.1) is 0 Å². The molecule has 4 heteroatoms. The van der Waals surface area contributed by atoms with E-state index in [2.05, 4.69) is 11.8 Å². The molecule has 0 aromatic rings. The van der Waals surface area contributed by atoms with Crippen molar-refractivity contribution in [3.05, 3.63) is 0 Å². The minimum atomic E-state index is 0.192. The molecular weight excluding hydrogens is 204 g/mol. The molecule has 4 nitrogen and oxygen atoms in total. The van der Waals surface area contributed by atoms with E-state index in [1.54, 1.807) is 0 Å². The summed E-state index contributed by atoms with van der Waals surface area (Å²) in [5.74, 6) is 0.241. The fourth-order valence-electron chi connectivity index (χ4n) is 1.76. The molecule has 1 amide bonds. The zero-order chi connectivity index (χ0) is 12.4. The van der Waals surface area contributed by atoms with Gasteiger partial charge in [0.05, 0.1) is 6.61 Å². The molecule has 0 aromatic carbocycles. The van der Waals surface area contributed by atoms with Gasteiger partial charge in [0.2, 0.25) is 5.91 Å². The summed E-state index contributed by atoms with van der Waals surface area (Å²) in [6.07, 6.45) is 1.49. The van der Waals surface area contributed by atoms with E-state index >= 15 is 0 Å². The quantitative estimate of drug-likeness (QED) is 0.641. The van der Waals surface area contributed by atoms with E-state index in [9.17, 15) is 4.79 Å². The van der Waals surface area contributed by atoms with Gasteiger partial charge in [0.15, 0.2) is 0 Å². The minimum Gasteiger partial charge on any atom is -0.395 e. The summed E-state index contributed by atoms with van der Waals surface area (Å²) in [6.45, 7) is 10.4. The van der Waals surface area contributed by atoms with Crippen molar-refractivity contribution in [2.45, 2.75) is 33.6 Å². The summed E-state index contributed by atoms with van der Waals surface area (Å²) in [6, 6.07) is 0. The summed E-state index contributed by atoms with van der Waals surface area (Å²) in [4.78, 5) is 15.7. The molecule has 0 aliphatic rings. The van der Waals surface area contributed by atoms with E-state index < -0.39 is 0 Å². The van der Waals surface area contributed by atoms with Crippen molar-refractivity contribution in [3.63, 3.8) is 0 Å². The Morgan fingerprint density at radius 1 is 1.06 bits per heavy atom. The van der Waals surface area contributed by atoms with E-state index in [0.29, 0.717) is 13.0 Å².